The van der Waals surface area contributed by atoms with E-state index in [4.69, 9.17) is 0 Å². The average Bonchev–Trinajstić information content (AvgIpc) is 3.07. The number of pyridine rings is 1. The Labute approximate surface area is 164 Å². The summed E-state index contributed by atoms with van der Waals surface area (Å²) in [6.45, 7) is 7.88. The van der Waals surface area contributed by atoms with Crippen LogP contribution in [0.3, 0.4) is 0 Å². The van der Waals surface area contributed by atoms with Gasteiger partial charge in [-0.2, -0.15) is 0 Å². The molecule has 2 aromatic rings. The molecule has 0 saturated carbocycles. The van der Waals surface area contributed by atoms with E-state index in [0.717, 1.165) is 11.3 Å². The van der Waals surface area contributed by atoms with E-state index in [1.807, 2.05) is 24.3 Å². The summed E-state index contributed by atoms with van der Waals surface area (Å²) in [6, 6.07) is 9.41. The Morgan fingerprint density at radius 2 is 2.04 bits per heavy atom. The molecule has 2 N–H and O–H groups in total. The smallest absolute Gasteiger partial charge is 0.317 e. The molecule has 1 aliphatic heterocycles. The lowest BCUT2D eigenvalue weighted by molar-refractivity contribution is 0.0948. The molecule has 0 unspecified atom stereocenters. The number of aromatic nitrogens is 1. The summed E-state index contributed by atoms with van der Waals surface area (Å²) in [5, 5.41) is 5.48. The number of nitrogens with one attached hydrogen (secondary N) is 2. The molecule has 148 valence electrons. The van der Waals surface area contributed by atoms with Crippen LogP contribution in [0.15, 0.2) is 41.3 Å². The number of hydrogen-bond donors (Lipinski definition) is 2. The summed E-state index contributed by atoms with van der Waals surface area (Å²) >= 11 is 0. The van der Waals surface area contributed by atoms with Crippen molar-refractivity contribution < 1.29 is 9.59 Å². The van der Waals surface area contributed by atoms with E-state index in [0.29, 0.717) is 37.7 Å². The van der Waals surface area contributed by atoms with Crippen molar-refractivity contribution in [1.82, 2.24) is 20.1 Å². The number of hydrogen-bond acceptors (Lipinski definition) is 3. The van der Waals surface area contributed by atoms with Gasteiger partial charge in [-0.25, -0.2) is 4.79 Å². The van der Waals surface area contributed by atoms with E-state index in [1.54, 1.807) is 24.1 Å². The van der Waals surface area contributed by atoms with Gasteiger partial charge in [0.2, 0.25) is 0 Å². The van der Waals surface area contributed by atoms with Crippen molar-refractivity contribution in [2.24, 2.45) is 0 Å². The summed E-state index contributed by atoms with van der Waals surface area (Å²) in [5.41, 5.74) is 2.26. The fourth-order valence-electron chi connectivity index (χ4n) is 3.26. The Balaban J connectivity index is 1.80. The first-order chi connectivity index (χ1) is 13.4. The van der Waals surface area contributed by atoms with E-state index in [-0.39, 0.29) is 17.2 Å². The number of nitrogens with zero attached hydrogens (tertiary/aromatic N) is 2. The quantitative estimate of drug-likeness (QED) is 0.802. The topological polar surface area (TPSA) is 83.4 Å². The summed E-state index contributed by atoms with van der Waals surface area (Å²) in [7, 11) is 0. The minimum Gasteiger partial charge on any atom is -0.350 e. The monoisotopic (exact) mass is 382 g/mol. The van der Waals surface area contributed by atoms with E-state index in [1.165, 1.54) is 4.57 Å². The van der Waals surface area contributed by atoms with Crippen molar-refractivity contribution in [3.8, 4) is 5.69 Å². The van der Waals surface area contributed by atoms with Gasteiger partial charge in [0, 0.05) is 38.1 Å². The molecule has 1 saturated heterocycles. The maximum Gasteiger partial charge on any atom is 0.317 e. The fourth-order valence-corrected chi connectivity index (χ4v) is 3.26. The molecule has 1 aromatic carbocycles. The van der Waals surface area contributed by atoms with Gasteiger partial charge >= 0.3 is 6.03 Å². The number of benzene rings is 1. The van der Waals surface area contributed by atoms with Gasteiger partial charge in [-0.15, -0.1) is 0 Å². The molecule has 7 heteroatoms. The first kappa shape index (κ1) is 19.7. The second-order valence-electron chi connectivity index (χ2n) is 7.27. The molecular formula is C21H26N4O3. The molecule has 0 radical (unpaired) electrons. The van der Waals surface area contributed by atoms with E-state index in [9.17, 15) is 14.4 Å². The molecule has 0 aliphatic carbocycles. The lowest BCUT2D eigenvalue weighted by Gasteiger charge is -2.15. The predicted octanol–water partition coefficient (Wildman–Crippen LogP) is 2.02. The van der Waals surface area contributed by atoms with Gasteiger partial charge in [0.25, 0.3) is 11.5 Å². The van der Waals surface area contributed by atoms with Crippen LogP contribution in [0.4, 0.5) is 4.79 Å². The molecule has 1 aliphatic rings. The van der Waals surface area contributed by atoms with Crippen LogP contribution >= 0.6 is 0 Å². The van der Waals surface area contributed by atoms with Crippen molar-refractivity contribution in [3.63, 3.8) is 0 Å². The molecule has 7 nitrogen and oxygen atoms in total. The first-order valence-electron chi connectivity index (χ1n) is 9.52. The van der Waals surface area contributed by atoms with Crippen LogP contribution in [0, 0.1) is 6.92 Å². The fraction of sp³-hybridized carbons (Fsp3) is 0.381. The van der Waals surface area contributed by atoms with Gasteiger partial charge < -0.3 is 15.5 Å². The normalized spacial score (nSPS) is 13.7. The molecule has 28 heavy (non-hydrogen) atoms. The average molecular weight is 382 g/mol. The summed E-state index contributed by atoms with van der Waals surface area (Å²) in [4.78, 5) is 38.9. The lowest BCUT2D eigenvalue weighted by atomic mass is 10.0. The van der Waals surface area contributed by atoms with Crippen molar-refractivity contribution in [2.75, 3.05) is 26.2 Å². The Morgan fingerprint density at radius 3 is 2.71 bits per heavy atom. The third kappa shape index (κ3) is 4.08. The van der Waals surface area contributed by atoms with Crippen LogP contribution in [0.2, 0.25) is 0 Å². The second kappa shape index (κ2) is 8.29. The van der Waals surface area contributed by atoms with Crippen LogP contribution in [-0.4, -0.2) is 47.6 Å². The maximum absolute atomic E-state index is 13.0. The van der Waals surface area contributed by atoms with Gasteiger partial charge in [0.15, 0.2) is 0 Å². The van der Waals surface area contributed by atoms with Gasteiger partial charge in [0.1, 0.15) is 5.56 Å². The summed E-state index contributed by atoms with van der Waals surface area (Å²) in [6.07, 6.45) is 1.70. The van der Waals surface area contributed by atoms with Gasteiger partial charge in [0.05, 0.1) is 0 Å². The van der Waals surface area contributed by atoms with Crippen LogP contribution in [0.5, 0.6) is 0 Å². The number of rotatable bonds is 6. The van der Waals surface area contributed by atoms with Crippen LogP contribution in [-0.2, 0) is 0 Å². The molecule has 0 atom stereocenters. The minimum absolute atomic E-state index is 0.127. The Bertz CT molecular complexity index is 949. The number of carbonyl (C=O) groups excluding carboxylic acids is 2. The first-order valence-corrected chi connectivity index (χ1v) is 9.52. The zero-order chi connectivity index (χ0) is 20.3. The minimum atomic E-state index is -0.420. The van der Waals surface area contributed by atoms with Crippen molar-refractivity contribution in [2.45, 2.75) is 26.7 Å². The van der Waals surface area contributed by atoms with E-state index >= 15 is 0 Å². The Kier molecular flexibility index (Phi) is 5.82. The van der Waals surface area contributed by atoms with E-state index < -0.39 is 5.91 Å². The highest BCUT2D eigenvalue weighted by molar-refractivity contribution is 5.95. The zero-order valence-corrected chi connectivity index (χ0v) is 16.5. The van der Waals surface area contributed by atoms with Crippen LogP contribution in [0.25, 0.3) is 5.69 Å². The largest absolute Gasteiger partial charge is 0.350 e. The number of aryl methyl sites for hydroxylation is 1. The summed E-state index contributed by atoms with van der Waals surface area (Å²) in [5.74, 6) is -0.0804. The number of amides is 3. The number of urea groups is 1. The van der Waals surface area contributed by atoms with Gasteiger partial charge in [-0.3, -0.25) is 14.2 Å². The second-order valence-corrected chi connectivity index (χ2v) is 7.27. The SMILES string of the molecule is Cc1ccn(-c2cccc(C(C)C)c2)c(=O)c1C(=O)NCCN1CCNC1=O. The molecule has 0 bridgehead atoms. The highest BCUT2D eigenvalue weighted by atomic mass is 16.2. The molecule has 1 aromatic heterocycles. The molecule has 3 amide bonds. The Hall–Kier alpha value is -3.09. The predicted molar refractivity (Wildman–Crippen MR) is 108 cm³/mol. The van der Waals surface area contributed by atoms with Crippen molar-refractivity contribution >= 4 is 11.9 Å². The maximum atomic E-state index is 13.0. The zero-order valence-electron chi connectivity index (χ0n) is 16.5. The standard InChI is InChI=1S/C21H26N4O3/c1-14(2)16-5-4-6-17(13-16)25-10-7-15(3)18(20(25)27)19(26)22-8-11-24-12-9-23-21(24)28/h4-7,10,13-14H,8-9,11-12H2,1-3H3,(H,22,26)(H,23,28). The van der Waals surface area contributed by atoms with Crippen LogP contribution in [0.1, 0.15) is 41.3 Å². The molecular weight excluding hydrogens is 356 g/mol. The lowest BCUT2D eigenvalue weighted by Crippen LogP contribution is -2.39. The summed E-state index contributed by atoms with van der Waals surface area (Å²) < 4.78 is 1.50. The highest BCUT2D eigenvalue weighted by Crippen LogP contribution is 2.17. The van der Waals surface area contributed by atoms with Gasteiger partial charge in [-0.1, -0.05) is 26.0 Å². The Morgan fingerprint density at radius 1 is 1.25 bits per heavy atom. The molecule has 2 heterocycles. The highest BCUT2D eigenvalue weighted by Gasteiger charge is 2.20. The molecule has 3 rings (SSSR count). The third-order valence-corrected chi connectivity index (χ3v) is 4.96. The third-order valence-electron chi connectivity index (χ3n) is 4.96. The molecule has 0 spiro atoms. The van der Waals surface area contributed by atoms with Crippen molar-refractivity contribution in [1.29, 1.82) is 0 Å². The van der Waals surface area contributed by atoms with Gasteiger partial charge in [-0.05, 0) is 42.2 Å². The number of carbonyl (C=O) groups is 2. The van der Waals surface area contributed by atoms with Crippen molar-refractivity contribution in [3.05, 3.63) is 63.6 Å². The molecule has 1 fully saturated rings. The van der Waals surface area contributed by atoms with E-state index in [2.05, 4.69) is 24.5 Å². The van der Waals surface area contributed by atoms with Crippen LogP contribution < -0.4 is 16.2 Å².